The lowest BCUT2D eigenvalue weighted by Gasteiger charge is -2.24. The van der Waals surface area contributed by atoms with Gasteiger partial charge in [-0.25, -0.2) is 0 Å². The normalized spacial score (nSPS) is 17.6. The Morgan fingerprint density at radius 1 is 1.10 bits per heavy atom. The van der Waals surface area contributed by atoms with E-state index >= 15 is 0 Å². The lowest BCUT2D eigenvalue weighted by Crippen LogP contribution is -2.27. The third-order valence-corrected chi connectivity index (χ3v) is 4.02. The van der Waals surface area contributed by atoms with Gasteiger partial charge in [-0.05, 0) is 56.0 Å². The van der Waals surface area contributed by atoms with Crippen molar-refractivity contribution in [2.75, 3.05) is 19.8 Å². The Labute approximate surface area is 122 Å². The number of nitrogens with one attached hydrogen (secondary N) is 1. The Morgan fingerprint density at radius 3 is 2.40 bits per heavy atom. The third-order valence-electron chi connectivity index (χ3n) is 4.02. The third kappa shape index (κ3) is 3.81. The molecule has 1 saturated heterocycles. The van der Waals surface area contributed by atoms with E-state index in [9.17, 15) is 0 Å². The second kappa shape index (κ2) is 7.21. The molecule has 1 atom stereocenters. The fourth-order valence-corrected chi connectivity index (χ4v) is 2.73. The molecule has 1 aliphatic rings. The van der Waals surface area contributed by atoms with Crippen LogP contribution in [0.1, 0.15) is 48.1 Å². The van der Waals surface area contributed by atoms with E-state index in [2.05, 4.69) is 45.1 Å². The summed E-state index contributed by atoms with van der Waals surface area (Å²) in [5.74, 6) is 0. The molecule has 1 N–H and O–H groups in total. The van der Waals surface area contributed by atoms with Crippen LogP contribution in [0.25, 0.3) is 0 Å². The first-order valence-corrected chi connectivity index (χ1v) is 7.66. The highest BCUT2D eigenvalue weighted by molar-refractivity contribution is 5.38. The molecule has 112 valence electrons. The smallest absolute Gasteiger partial charge is 0.159 e. The van der Waals surface area contributed by atoms with Crippen LogP contribution < -0.4 is 5.32 Å². The largest absolute Gasteiger partial charge is 0.350 e. The Bertz CT molecular complexity index is 439. The molecule has 3 heteroatoms. The van der Waals surface area contributed by atoms with Crippen LogP contribution in [0.3, 0.4) is 0 Å². The number of benzene rings is 1. The van der Waals surface area contributed by atoms with Crippen molar-refractivity contribution in [1.82, 2.24) is 5.32 Å². The van der Waals surface area contributed by atoms with Gasteiger partial charge in [0.2, 0.25) is 0 Å². The molecule has 0 spiro atoms. The van der Waals surface area contributed by atoms with Crippen molar-refractivity contribution in [2.45, 2.75) is 52.9 Å². The van der Waals surface area contributed by atoms with Crippen LogP contribution >= 0.6 is 0 Å². The van der Waals surface area contributed by atoms with E-state index in [0.717, 1.165) is 32.6 Å². The molecule has 0 amide bonds. The van der Waals surface area contributed by atoms with Gasteiger partial charge in [-0.1, -0.05) is 19.1 Å². The molecule has 0 bridgehead atoms. The van der Waals surface area contributed by atoms with Crippen molar-refractivity contribution < 1.29 is 9.47 Å². The number of rotatable bonds is 6. The van der Waals surface area contributed by atoms with Gasteiger partial charge in [0.15, 0.2) is 6.29 Å². The van der Waals surface area contributed by atoms with Crippen molar-refractivity contribution in [1.29, 1.82) is 0 Å². The summed E-state index contributed by atoms with van der Waals surface area (Å²) in [5.41, 5.74) is 5.43. The van der Waals surface area contributed by atoms with Crippen LogP contribution in [0.15, 0.2) is 12.1 Å². The quantitative estimate of drug-likeness (QED) is 0.864. The molecule has 0 aromatic heterocycles. The standard InChI is InChI=1S/C17H27NO2/c1-5-6-18-16(11-17-19-7-8-20-17)15-10-13(3)12(2)9-14(15)4/h9-10,16-18H,5-8,11H2,1-4H3. The Morgan fingerprint density at radius 2 is 1.75 bits per heavy atom. The molecule has 1 aromatic rings. The SMILES string of the molecule is CCCNC(CC1OCCO1)c1cc(C)c(C)cc1C. The number of aryl methyl sites for hydroxylation is 3. The molecule has 3 nitrogen and oxygen atoms in total. The van der Waals surface area contributed by atoms with Gasteiger partial charge in [0, 0.05) is 12.5 Å². The average Bonchev–Trinajstić information content (AvgIpc) is 2.92. The van der Waals surface area contributed by atoms with Gasteiger partial charge >= 0.3 is 0 Å². The maximum Gasteiger partial charge on any atom is 0.159 e. The van der Waals surface area contributed by atoms with E-state index in [0.29, 0.717) is 6.04 Å². The van der Waals surface area contributed by atoms with Crippen molar-refractivity contribution in [3.05, 3.63) is 34.4 Å². The molecule has 20 heavy (non-hydrogen) atoms. The topological polar surface area (TPSA) is 30.5 Å². The van der Waals surface area contributed by atoms with Gasteiger partial charge < -0.3 is 14.8 Å². The highest BCUT2D eigenvalue weighted by Gasteiger charge is 2.23. The summed E-state index contributed by atoms with van der Waals surface area (Å²) >= 11 is 0. The highest BCUT2D eigenvalue weighted by Crippen LogP contribution is 2.27. The van der Waals surface area contributed by atoms with E-state index < -0.39 is 0 Å². The van der Waals surface area contributed by atoms with Crippen molar-refractivity contribution >= 4 is 0 Å². The Balaban J connectivity index is 2.18. The van der Waals surface area contributed by atoms with Crippen LogP contribution in [-0.4, -0.2) is 26.0 Å². The second-order valence-corrected chi connectivity index (χ2v) is 5.71. The maximum atomic E-state index is 5.62. The van der Waals surface area contributed by atoms with Crippen molar-refractivity contribution in [3.63, 3.8) is 0 Å². The van der Waals surface area contributed by atoms with Gasteiger partial charge in [-0.3, -0.25) is 0 Å². The molecule has 1 fully saturated rings. The first kappa shape index (κ1) is 15.5. The van der Waals surface area contributed by atoms with E-state index in [1.807, 2.05) is 0 Å². The summed E-state index contributed by atoms with van der Waals surface area (Å²) in [7, 11) is 0. The molecule has 1 aromatic carbocycles. The zero-order valence-electron chi connectivity index (χ0n) is 13.2. The first-order valence-electron chi connectivity index (χ1n) is 7.66. The zero-order valence-corrected chi connectivity index (χ0v) is 13.2. The van der Waals surface area contributed by atoms with Gasteiger partial charge in [-0.15, -0.1) is 0 Å². The minimum atomic E-state index is -0.0645. The number of hydrogen-bond acceptors (Lipinski definition) is 3. The van der Waals surface area contributed by atoms with Crippen LogP contribution in [0.2, 0.25) is 0 Å². The monoisotopic (exact) mass is 277 g/mol. The van der Waals surface area contributed by atoms with Crippen LogP contribution in [0.4, 0.5) is 0 Å². The summed E-state index contributed by atoms with van der Waals surface area (Å²) in [6.45, 7) is 11.2. The molecule has 1 unspecified atom stereocenters. The second-order valence-electron chi connectivity index (χ2n) is 5.71. The van der Waals surface area contributed by atoms with Crippen molar-refractivity contribution in [2.24, 2.45) is 0 Å². The summed E-state index contributed by atoms with van der Waals surface area (Å²) in [6.07, 6.45) is 1.95. The minimum Gasteiger partial charge on any atom is -0.350 e. The van der Waals surface area contributed by atoms with Gasteiger partial charge in [0.25, 0.3) is 0 Å². The first-order chi connectivity index (χ1) is 9.61. The minimum absolute atomic E-state index is 0.0645. The lowest BCUT2D eigenvalue weighted by atomic mass is 9.94. The van der Waals surface area contributed by atoms with Gasteiger partial charge in [0.05, 0.1) is 13.2 Å². The summed E-state index contributed by atoms with van der Waals surface area (Å²) < 4.78 is 11.2. The molecule has 1 heterocycles. The van der Waals surface area contributed by atoms with Gasteiger partial charge in [-0.2, -0.15) is 0 Å². The molecular weight excluding hydrogens is 250 g/mol. The maximum absolute atomic E-state index is 5.62. The van der Waals surface area contributed by atoms with Crippen LogP contribution in [-0.2, 0) is 9.47 Å². The summed E-state index contributed by atoms with van der Waals surface area (Å²) in [5, 5.41) is 3.64. The predicted octanol–water partition coefficient (Wildman–Crippen LogP) is 3.42. The van der Waals surface area contributed by atoms with Crippen LogP contribution in [0.5, 0.6) is 0 Å². The van der Waals surface area contributed by atoms with E-state index in [4.69, 9.17) is 9.47 Å². The Hall–Kier alpha value is -0.900. The highest BCUT2D eigenvalue weighted by atomic mass is 16.7. The molecule has 0 radical (unpaired) electrons. The van der Waals surface area contributed by atoms with Gasteiger partial charge in [0.1, 0.15) is 0 Å². The zero-order chi connectivity index (χ0) is 14.5. The molecule has 0 saturated carbocycles. The fourth-order valence-electron chi connectivity index (χ4n) is 2.73. The van der Waals surface area contributed by atoms with E-state index in [1.165, 1.54) is 22.3 Å². The predicted molar refractivity (Wildman–Crippen MR) is 82.0 cm³/mol. The number of ether oxygens (including phenoxy) is 2. The Kier molecular flexibility index (Phi) is 5.58. The fraction of sp³-hybridized carbons (Fsp3) is 0.647. The van der Waals surface area contributed by atoms with Crippen molar-refractivity contribution in [3.8, 4) is 0 Å². The molecule has 0 aliphatic carbocycles. The summed E-state index contributed by atoms with van der Waals surface area (Å²) in [4.78, 5) is 0. The molecule has 2 rings (SSSR count). The van der Waals surface area contributed by atoms with E-state index in [1.54, 1.807) is 0 Å². The average molecular weight is 277 g/mol. The lowest BCUT2D eigenvalue weighted by molar-refractivity contribution is -0.0530. The molecule has 1 aliphatic heterocycles. The molecular formula is C17H27NO2. The van der Waals surface area contributed by atoms with E-state index in [-0.39, 0.29) is 6.29 Å². The summed E-state index contributed by atoms with van der Waals surface area (Å²) in [6, 6.07) is 4.89. The van der Waals surface area contributed by atoms with Crippen LogP contribution in [0, 0.1) is 20.8 Å². The number of hydrogen-bond donors (Lipinski definition) is 1.